The lowest BCUT2D eigenvalue weighted by Crippen LogP contribution is -2.42. The summed E-state index contributed by atoms with van der Waals surface area (Å²) in [5.74, 6) is 2.89. The maximum absolute atomic E-state index is 12.3. The summed E-state index contributed by atoms with van der Waals surface area (Å²) in [7, 11) is 1.75. The van der Waals surface area contributed by atoms with E-state index in [1.807, 2.05) is 30.5 Å². The molecule has 2 aromatic rings. The van der Waals surface area contributed by atoms with Crippen molar-refractivity contribution in [2.75, 3.05) is 32.2 Å². The average Bonchev–Trinajstić information content (AvgIpc) is 3.07. The second-order valence-corrected chi connectivity index (χ2v) is 7.25. The largest absolute Gasteiger partial charge is 0.486 e. The van der Waals surface area contributed by atoms with Crippen LogP contribution in [-0.2, 0) is 10.5 Å². The van der Waals surface area contributed by atoms with Gasteiger partial charge in [-0.3, -0.25) is 4.79 Å². The number of hydrogen-bond acceptors (Lipinski definition) is 8. The Kier molecular flexibility index (Phi) is 6.09. The molecule has 0 saturated heterocycles. The fraction of sp³-hybridized carbons (Fsp3) is 0.438. The summed E-state index contributed by atoms with van der Waals surface area (Å²) < 4.78 is 17.0. The van der Waals surface area contributed by atoms with Crippen molar-refractivity contribution in [2.24, 2.45) is 0 Å². The number of hydrogen-bond donors (Lipinski definition) is 0. The number of likely N-dealkylation sites (N-methyl/N-ethyl adjacent to an activating group) is 1. The Hall–Kier alpha value is -1.87. The average molecular weight is 381 g/mol. The lowest BCUT2D eigenvalue weighted by Gasteiger charge is -2.29. The van der Waals surface area contributed by atoms with Crippen LogP contribution in [0.15, 0.2) is 33.9 Å². The van der Waals surface area contributed by atoms with Crippen LogP contribution in [-0.4, -0.2) is 59.3 Å². The molecule has 134 valence electrons. The van der Waals surface area contributed by atoms with E-state index in [2.05, 4.69) is 10.2 Å². The van der Waals surface area contributed by atoms with Gasteiger partial charge in [0.2, 0.25) is 11.8 Å². The molecule has 9 heteroatoms. The third-order valence-corrected chi connectivity index (χ3v) is 4.84. The van der Waals surface area contributed by atoms with Gasteiger partial charge in [0.1, 0.15) is 6.61 Å². The molecule has 1 aromatic heterocycles. The molecule has 0 bridgehead atoms. The van der Waals surface area contributed by atoms with Gasteiger partial charge in [-0.25, -0.2) is 0 Å². The van der Waals surface area contributed by atoms with Crippen molar-refractivity contribution in [3.05, 3.63) is 30.2 Å². The first kappa shape index (κ1) is 17.9. The van der Waals surface area contributed by atoms with Gasteiger partial charge < -0.3 is 18.8 Å². The highest BCUT2D eigenvalue weighted by molar-refractivity contribution is 7.99. The number of thioether (sulfide) groups is 2. The summed E-state index contributed by atoms with van der Waals surface area (Å²) in [4.78, 5) is 13.9. The number of amides is 1. The standard InChI is InChI=1S/C16H19N3O4S2/c1-19(7-11-8-21-12-5-3-4-6-13(12)22-11)15(20)10-25-16-18-17-14(23-16)9-24-2/h3-6,11H,7-10H2,1-2H3. The van der Waals surface area contributed by atoms with Gasteiger partial charge in [0.15, 0.2) is 17.6 Å². The van der Waals surface area contributed by atoms with E-state index in [1.165, 1.54) is 11.8 Å². The van der Waals surface area contributed by atoms with E-state index in [9.17, 15) is 4.79 Å². The van der Waals surface area contributed by atoms with Gasteiger partial charge in [0.25, 0.3) is 5.22 Å². The van der Waals surface area contributed by atoms with E-state index in [0.29, 0.717) is 35.8 Å². The van der Waals surface area contributed by atoms with Crippen molar-refractivity contribution in [3.8, 4) is 11.5 Å². The minimum absolute atomic E-state index is 0.0305. The molecule has 0 radical (unpaired) electrons. The third-order valence-electron chi connectivity index (χ3n) is 3.51. The number of para-hydroxylation sites is 2. The number of nitrogens with zero attached hydrogens (tertiary/aromatic N) is 3. The predicted octanol–water partition coefficient (Wildman–Crippen LogP) is 2.32. The van der Waals surface area contributed by atoms with Gasteiger partial charge in [-0.15, -0.1) is 10.2 Å². The Bertz CT molecular complexity index is 725. The molecule has 0 N–H and O–H groups in total. The normalized spacial score (nSPS) is 15.8. The number of benzene rings is 1. The highest BCUT2D eigenvalue weighted by Crippen LogP contribution is 2.31. The smallest absolute Gasteiger partial charge is 0.277 e. The van der Waals surface area contributed by atoms with Gasteiger partial charge in [0, 0.05) is 7.05 Å². The molecule has 1 atom stereocenters. The molecule has 3 rings (SSSR count). The van der Waals surface area contributed by atoms with Crippen LogP contribution in [0.2, 0.25) is 0 Å². The Morgan fingerprint density at radius 3 is 2.92 bits per heavy atom. The summed E-state index contributed by atoms with van der Waals surface area (Å²) in [5.41, 5.74) is 0. The van der Waals surface area contributed by atoms with Gasteiger partial charge in [-0.2, -0.15) is 11.8 Å². The zero-order valence-corrected chi connectivity index (χ0v) is 15.6. The Balaban J connectivity index is 1.46. The van der Waals surface area contributed by atoms with Crippen molar-refractivity contribution in [1.82, 2.24) is 15.1 Å². The Labute approximate surface area is 154 Å². The van der Waals surface area contributed by atoms with E-state index in [-0.39, 0.29) is 17.8 Å². The summed E-state index contributed by atoms with van der Waals surface area (Å²) in [6, 6.07) is 7.52. The third kappa shape index (κ3) is 4.82. The van der Waals surface area contributed by atoms with Crippen LogP contribution in [0.4, 0.5) is 0 Å². The van der Waals surface area contributed by atoms with E-state index >= 15 is 0 Å². The fourth-order valence-electron chi connectivity index (χ4n) is 2.27. The molecule has 2 heterocycles. The van der Waals surface area contributed by atoms with Crippen molar-refractivity contribution in [1.29, 1.82) is 0 Å². The first-order valence-electron chi connectivity index (χ1n) is 7.72. The van der Waals surface area contributed by atoms with Gasteiger partial charge in [-0.1, -0.05) is 23.9 Å². The van der Waals surface area contributed by atoms with Crippen LogP contribution >= 0.6 is 23.5 Å². The van der Waals surface area contributed by atoms with E-state index in [4.69, 9.17) is 13.9 Å². The van der Waals surface area contributed by atoms with Crippen molar-refractivity contribution in [2.45, 2.75) is 17.1 Å². The second kappa shape index (κ2) is 8.48. The van der Waals surface area contributed by atoms with Crippen molar-refractivity contribution in [3.63, 3.8) is 0 Å². The van der Waals surface area contributed by atoms with Crippen LogP contribution < -0.4 is 9.47 Å². The topological polar surface area (TPSA) is 77.7 Å². The lowest BCUT2D eigenvalue weighted by molar-refractivity contribution is -0.128. The van der Waals surface area contributed by atoms with E-state index < -0.39 is 0 Å². The summed E-state index contributed by atoms with van der Waals surface area (Å²) in [6.07, 6.45) is 1.77. The van der Waals surface area contributed by atoms with Crippen molar-refractivity contribution >= 4 is 29.4 Å². The van der Waals surface area contributed by atoms with E-state index in [0.717, 1.165) is 5.75 Å². The lowest BCUT2D eigenvalue weighted by atomic mass is 10.2. The molecule has 7 nitrogen and oxygen atoms in total. The van der Waals surface area contributed by atoms with Gasteiger partial charge in [-0.05, 0) is 18.4 Å². The molecule has 1 aromatic carbocycles. The molecular weight excluding hydrogens is 362 g/mol. The monoisotopic (exact) mass is 381 g/mol. The molecule has 25 heavy (non-hydrogen) atoms. The highest BCUT2D eigenvalue weighted by Gasteiger charge is 2.24. The van der Waals surface area contributed by atoms with Crippen LogP contribution in [0.5, 0.6) is 11.5 Å². The van der Waals surface area contributed by atoms with Gasteiger partial charge >= 0.3 is 0 Å². The number of carbonyl (C=O) groups is 1. The van der Waals surface area contributed by atoms with Crippen LogP contribution in [0.1, 0.15) is 5.89 Å². The zero-order chi connectivity index (χ0) is 17.6. The summed E-state index contributed by atoms with van der Waals surface area (Å²) in [6.45, 7) is 0.874. The second-order valence-electron chi connectivity index (χ2n) is 5.46. The van der Waals surface area contributed by atoms with Crippen LogP contribution in [0.25, 0.3) is 0 Å². The first-order valence-corrected chi connectivity index (χ1v) is 10.1. The molecule has 1 aliphatic rings. The number of carbonyl (C=O) groups excluding carboxylic acids is 1. The number of rotatable bonds is 7. The summed E-state index contributed by atoms with van der Waals surface area (Å²) in [5, 5.41) is 8.26. The summed E-state index contributed by atoms with van der Waals surface area (Å²) >= 11 is 2.85. The minimum atomic E-state index is -0.189. The first-order chi connectivity index (χ1) is 12.2. The molecular formula is C16H19N3O4S2. The molecule has 1 amide bonds. The Morgan fingerprint density at radius 1 is 1.32 bits per heavy atom. The zero-order valence-electron chi connectivity index (χ0n) is 14.0. The number of ether oxygens (including phenoxy) is 2. The number of aromatic nitrogens is 2. The fourth-order valence-corrected chi connectivity index (χ4v) is 3.36. The quantitative estimate of drug-likeness (QED) is 0.676. The molecule has 1 aliphatic heterocycles. The molecule has 0 spiro atoms. The van der Waals surface area contributed by atoms with Crippen LogP contribution in [0, 0.1) is 0 Å². The maximum Gasteiger partial charge on any atom is 0.277 e. The van der Waals surface area contributed by atoms with E-state index in [1.54, 1.807) is 23.7 Å². The Morgan fingerprint density at radius 2 is 2.12 bits per heavy atom. The molecule has 0 saturated carbocycles. The molecule has 0 fully saturated rings. The molecule has 0 aliphatic carbocycles. The van der Waals surface area contributed by atoms with Crippen LogP contribution in [0.3, 0.4) is 0 Å². The molecule has 1 unspecified atom stereocenters. The number of fused-ring (bicyclic) bond motifs is 1. The minimum Gasteiger partial charge on any atom is -0.486 e. The predicted molar refractivity (Wildman–Crippen MR) is 96.2 cm³/mol. The maximum atomic E-state index is 12.3. The van der Waals surface area contributed by atoms with Gasteiger partial charge in [0.05, 0.1) is 18.1 Å². The highest BCUT2D eigenvalue weighted by atomic mass is 32.2. The van der Waals surface area contributed by atoms with Crippen molar-refractivity contribution < 1.29 is 18.7 Å². The SMILES string of the molecule is CSCc1nnc(SCC(=O)N(C)CC2COc3ccccc3O2)o1.